The summed E-state index contributed by atoms with van der Waals surface area (Å²) in [5.41, 5.74) is -0.554. The van der Waals surface area contributed by atoms with E-state index in [0.29, 0.717) is 13.1 Å². The van der Waals surface area contributed by atoms with Crippen LogP contribution in [-0.2, 0) is 14.8 Å². The molecule has 1 saturated heterocycles. The Morgan fingerprint density at radius 1 is 1.20 bits per heavy atom. The van der Waals surface area contributed by atoms with Crippen LogP contribution in [0.2, 0.25) is 0 Å². The van der Waals surface area contributed by atoms with E-state index >= 15 is 0 Å². The molecule has 1 aliphatic rings. The van der Waals surface area contributed by atoms with Crippen LogP contribution in [0, 0.1) is 5.41 Å². The van der Waals surface area contributed by atoms with Crippen LogP contribution in [0.25, 0.3) is 0 Å². The average Bonchev–Trinajstić information content (AvgIpc) is 3.07. The summed E-state index contributed by atoms with van der Waals surface area (Å²) in [4.78, 5) is 25.5. The van der Waals surface area contributed by atoms with Crippen molar-refractivity contribution in [3.63, 3.8) is 0 Å². The van der Waals surface area contributed by atoms with Gasteiger partial charge in [0.15, 0.2) is 5.76 Å². The Balaban J connectivity index is 1.82. The quantitative estimate of drug-likeness (QED) is 0.814. The minimum atomic E-state index is -3.47. The molecule has 0 saturated carbocycles. The van der Waals surface area contributed by atoms with Crippen LogP contribution in [0.15, 0.2) is 22.8 Å². The van der Waals surface area contributed by atoms with E-state index in [2.05, 4.69) is 5.32 Å². The van der Waals surface area contributed by atoms with E-state index in [1.807, 2.05) is 0 Å². The fourth-order valence-corrected chi connectivity index (χ4v) is 3.75. The van der Waals surface area contributed by atoms with E-state index in [1.165, 1.54) is 10.6 Å². The topological polar surface area (TPSA) is 99.9 Å². The highest BCUT2D eigenvalue weighted by molar-refractivity contribution is 7.89. The molecule has 25 heavy (non-hydrogen) atoms. The molecule has 0 aromatic carbocycles. The van der Waals surface area contributed by atoms with Gasteiger partial charge in [-0.15, -0.1) is 0 Å². The Morgan fingerprint density at radius 2 is 1.84 bits per heavy atom. The maximum Gasteiger partial charge on any atom is 0.289 e. The van der Waals surface area contributed by atoms with E-state index in [9.17, 15) is 18.0 Å². The fraction of sp³-hybridized carbons (Fsp3) is 0.625. The number of piperazine rings is 1. The Labute approximate surface area is 148 Å². The van der Waals surface area contributed by atoms with E-state index in [0.717, 1.165) is 0 Å². The third-order valence-corrected chi connectivity index (χ3v) is 5.85. The lowest BCUT2D eigenvalue weighted by molar-refractivity contribution is -0.128. The highest BCUT2D eigenvalue weighted by Crippen LogP contribution is 2.13. The first kappa shape index (κ1) is 19.5. The number of rotatable bonds is 5. The number of carbonyl (C=O) groups is 2. The second-order valence-corrected chi connectivity index (χ2v) is 9.08. The van der Waals surface area contributed by atoms with Crippen LogP contribution in [0.1, 0.15) is 31.3 Å². The minimum Gasteiger partial charge on any atom is -0.459 e. The zero-order chi connectivity index (χ0) is 18.7. The fourth-order valence-electron chi connectivity index (χ4n) is 2.41. The number of hydrogen-bond acceptors (Lipinski definition) is 5. The van der Waals surface area contributed by atoms with Crippen molar-refractivity contribution in [2.45, 2.75) is 20.8 Å². The second kappa shape index (κ2) is 7.57. The first-order valence-corrected chi connectivity index (χ1v) is 9.81. The van der Waals surface area contributed by atoms with Crippen LogP contribution >= 0.6 is 0 Å². The zero-order valence-corrected chi connectivity index (χ0v) is 15.6. The predicted octanol–water partition coefficient (Wildman–Crippen LogP) is 0.530. The van der Waals surface area contributed by atoms with Crippen molar-refractivity contribution < 1.29 is 22.4 Å². The summed E-state index contributed by atoms with van der Waals surface area (Å²) < 4.78 is 31.2. The van der Waals surface area contributed by atoms with Gasteiger partial charge < -0.3 is 14.6 Å². The van der Waals surface area contributed by atoms with Crippen LogP contribution in [-0.4, -0.2) is 67.9 Å². The molecule has 1 fully saturated rings. The number of hydrogen-bond donors (Lipinski definition) is 1. The van der Waals surface area contributed by atoms with Crippen LogP contribution in [0.4, 0.5) is 0 Å². The van der Waals surface area contributed by atoms with E-state index in [-0.39, 0.29) is 43.0 Å². The molecule has 1 aliphatic heterocycles. The van der Waals surface area contributed by atoms with Crippen LogP contribution in [0.3, 0.4) is 0 Å². The van der Waals surface area contributed by atoms with Gasteiger partial charge in [0.25, 0.3) is 5.91 Å². The molecule has 0 unspecified atom stereocenters. The molecular formula is C16H25N3O5S. The van der Waals surface area contributed by atoms with Crippen molar-refractivity contribution in [2.24, 2.45) is 5.41 Å². The zero-order valence-electron chi connectivity index (χ0n) is 14.8. The number of amides is 2. The Bertz CT molecular complexity index is 699. The summed E-state index contributed by atoms with van der Waals surface area (Å²) in [5, 5.41) is 2.64. The lowest BCUT2D eigenvalue weighted by atomic mass is 9.96. The van der Waals surface area contributed by atoms with Gasteiger partial charge in [0.1, 0.15) is 0 Å². The van der Waals surface area contributed by atoms with Gasteiger partial charge in [0.05, 0.1) is 12.0 Å². The standard InChI is InChI=1S/C16H25N3O5S/c1-16(2,3)15(21)17-6-12-25(22,23)19-9-7-18(8-10-19)14(20)13-5-4-11-24-13/h4-5,11H,6-10,12H2,1-3H3,(H,17,21). The molecule has 0 atom stereocenters. The molecule has 0 radical (unpaired) electrons. The summed E-state index contributed by atoms with van der Waals surface area (Å²) in [6.45, 7) is 6.48. The van der Waals surface area contributed by atoms with Crippen molar-refractivity contribution in [3.05, 3.63) is 24.2 Å². The smallest absolute Gasteiger partial charge is 0.289 e. The number of nitrogens with zero attached hydrogens (tertiary/aromatic N) is 2. The summed E-state index contributed by atoms with van der Waals surface area (Å²) in [6.07, 6.45) is 1.43. The van der Waals surface area contributed by atoms with Gasteiger partial charge in [-0.3, -0.25) is 9.59 Å². The molecule has 1 N–H and O–H groups in total. The molecule has 2 amide bonds. The van der Waals surface area contributed by atoms with Crippen molar-refractivity contribution in [2.75, 3.05) is 38.5 Å². The number of carbonyl (C=O) groups excluding carboxylic acids is 2. The highest BCUT2D eigenvalue weighted by atomic mass is 32.2. The number of furan rings is 1. The van der Waals surface area contributed by atoms with Gasteiger partial charge in [-0.1, -0.05) is 20.8 Å². The molecule has 1 aromatic heterocycles. The summed E-state index contributed by atoms with van der Waals surface area (Å²) in [6, 6.07) is 3.23. The van der Waals surface area contributed by atoms with Gasteiger partial charge in [0.2, 0.25) is 15.9 Å². The first-order valence-electron chi connectivity index (χ1n) is 8.20. The van der Waals surface area contributed by atoms with Crippen LogP contribution in [0.5, 0.6) is 0 Å². The largest absolute Gasteiger partial charge is 0.459 e. The highest BCUT2D eigenvalue weighted by Gasteiger charge is 2.30. The van der Waals surface area contributed by atoms with Crippen molar-refractivity contribution >= 4 is 21.8 Å². The molecule has 1 aromatic rings. The molecule has 0 bridgehead atoms. The Morgan fingerprint density at radius 3 is 2.36 bits per heavy atom. The van der Waals surface area contributed by atoms with Gasteiger partial charge in [-0.25, -0.2) is 8.42 Å². The molecule has 2 heterocycles. The van der Waals surface area contributed by atoms with Crippen molar-refractivity contribution in [1.29, 1.82) is 0 Å². The first-order chi connectivity index (χ1) is 11.6. The number of sulfonamides is 1. The van der Waals surface area contributed by atoms with Gasteiger partial charge in [0, 0.05) is 38.1 Å². The van der Waals surface area contributed by atoms with Gasteiger partial charge in [-0.2, -0.15) is 4.31 Å². The second-order valence-electron chi connectivity index (χ2n) is 6.99. The van der Waals surface area contributed by atoms with E-state index in [1.54, 1.807) is 37.8 Å². The van der Waals surface area contributed by atoms with E-state index in [4.69, 9.17) is 4.42 Å². The molecule has 140 valence electrons. The van der Waals surface area contributed by atoms with Gasteiger partial charge in [-0.05, 0) is 12.1 Å². The lowest BCUT2D eigenvalue weighted by Gasteiger charge is -2.33. The average molecular weight is 371 g/mol. The van der Waals surface area contributed by atoms with Crippen molar-refractivity contribution in [3.8, 4) is 0 Å². The third-order valence-electron chi connectivity index (χ3n) is 3.98. The molecular weight excluding hydrogens is 346 g/mol. The summed E-state index contributed by atoms with van der Waals surface area (Å²) in [7, 11) is -3.47. The molecule has 9 heteroatoms. The third kappa shape index (κ3) is 5.05. The Hall–Kier alpha value is -1.87. The molecule has 0 aliphatic carbocycles. The van der Waals surface area contributed by atoms with Crippen LogP contribution < -0.4 is 5.32 Å². The molecule has 0 spiro atoms. The normalized spacial score (nSPS) is 16.7. The van der Waals surface area contributed by atoms with Crippen molar-refractivity contribution in [1.82, 2.24) is 14.5 Å². The lowest BCUT2D eigenvalue weighted by Crippen LogP contribution is -2.51. The SMILES string of the molecule is CC(C)(C)C(=O)NCCS(=O)(=O)N1CCN(C(=O)c2ccco2)CC1. The molecule has 8 nitrogen and oxygen atoms in total. The molecule has 2 rings (SSSR count). The summed E-state index contributed by atoms with van der Waals surface area (Å²) >= 11 is 0. The Kier molecular flexibility index (Phi) is 5.89. The number of nitrogens with one attached hydrogen (secondary N) is 1. The monoisotopic (exact) mass is 371 g/mol. The summed E-state index contributed by atoms with van der Waals surface area (Å²) in [5.74, 6) is -0.321. The maximum atomic E-state index is 12.4. The maximum absolute atomic E-state index is 12.4. The predicted molar refractivity (Wildman–Crippen MR) is 92.4 cm³/mol. The minimum absolute atomic E-state index is 0.0734. The van der Waals surface area contributed by atoms with E-state index < -0.39 is 15.4 Å². The van der Waals surface area contributed by atoms with Gasteiger partial charge >= 0.3 is 0 Å².